The maximum Gasteiger partial charge on any atom is 0.286 e. The van der Waals surface area contributed by atoms with Crippen molar-refractivity contribution in [3.8, 4) is 0 Å². The van der Waals surface area contributed by atoms with Crippen molar-refractivity contribution in [2.24, 2.45) is 9.55 Å². The molecule has 1 aliphatic heterocycles. The van der Waals surface area contributed by atoms with Crippen LogP contribution in [0, 0.1) is 0 Å². The number of fused-ring (bicyclic) bond motifs is 1. The smallest absolute Gasteiger partial charge is 0.286 e. The van der Waals surface area contributed by atoms with Crippen molar-refractivity contribution in [2.45, 2.75) is 37.0 Å². The number of oxime groups is 1. The lowest BCUT2D eigenvalue weighted by Gasteiger charge is -2.11. The maximum absolute atomic E-state index is 11.8. The van der Waals surface area contributed by atoms with Crippen molar-refractivity contribution in [1.29, 1.82) is 0 Å². The van der Waals surface area contributed by atoms with Crippen molar-refractivity contribution >= 4 is 21.6 Å². The van der Waals surface area contributed by atoms with Crippen LogP contribution in [0.3, 0.4) is 0 Å². The normalized spacial score (nSPS) is 20.6. The molecule has 1 aromatic rings. The Morgan fingerprint density at radius 3 is 2.63 bits per heavy atom. The highest BCUT2D eigenvalue weighted by Gasteiger charge is 2.30. The standard InChI is InChI=1S/C13H14N2O3S/c16-19(17)12-9-5-4-8-11(12)13(15-19)18-14-10-6-2-1-3-7-10/h4-5,8-9H,1-3,6-7H2. The van der Waals surface area contributed by atoms with Gasteiger partial charge in [-0.25, -0.2) is 0 Å². The van der Waals surface area contributed by atoms with Crippen molar-refractivity contribution in [1.82, 2.24) is 0 Å². The molecule has 19 heavy (non-hydrogen) atoms. The van der Waals surface area contributed by atoms with Gasteiger partial charge in [0.15, 0.2) is 0 Å². The number of hydrogen-bond donors (Lipinski definition) is 0. The Hall–Kier alpha value is -1.69. The highest BCUT2D eigenvalue weighted by Crippen LogP contribution is 2.26. The van der Waals surface area contributed by atoms with Crippen LogP contribution in [0.15, 0.2) is 38.7 Å². The first-order chi connectivity index (χ1) is 9.17. The van der Waals surface area contributed by atoms with Gasteiger partial charge in [-0.1, -0.05) is 23.7 Å². The van der Waals surface area contributed by atoms with E-state index in [2.05, 4.69) is 9.55 Å². The van der Waals surface area contributed by atoms with Gasteiger partial charge in [0.05, 0.1) is 11.3 Å². The van der Waals surface area contributed by atoms with Gasteiger partial charge in [0.2, 0.25) is 0 Å². The molecule has 0 spiro atoms. The molecule has 1 aliphatic carbocycles. The Morgan fingerprint density at radius 2 is 1.84 bits per heavy atom. The quantitative estimate of drug-likeness (QED) is 0.741. The lowest BCUT2D eigenvalue weighted by atomic mass is 9.99. The molecular weight excluding hydrogens is 264 g/mol. The summed E-state index contributed by atoms with van der Waals surface area (Å²) in [6.07, 6.45) is 5.29. The molecule has 1 heterocycles. The van der Waals surface area contributed by atoms with E-state index in [1.807, 2.05) is 0 Å². The molecule has 5 nitrogen and oxygen atoms in total. The van der Waals surface area contributed by atoms with Crippen LogP contribution in [0.1, 0.15) is 37.7 Å². The van der Waals surface area contributed by atoms with Crippen LogP contribution in [-0.4, -0.2) is 20.0 Å². The van der Waals surface area contributed by atoms with Crippen LogP contribution in [0.2, 0.25) is 0 Å². The summed E-state index contributed by atoms with van der Waals surface area (Å²) in [5.74, 6) is 0.0775. The SMILES string of the molecule is O=S1(=O)N=C(ON=C2CCCCC2)c2ccccc21. The zero-order valence-corrected chi connectivity index (χ0v) is 11.2. The summed E-state index contributed by atoms with van der Waals surface area (Å²) in [5.41, 5.74) is 1.47. The minimum atomic E-state index is -3.61. The second-order valence-corrected chi connectivity index (χ2v) is 6.25. The van der Waals surface area contributed by atoms with Crippen molar-refractivity contribution in [3.63, 3.8) is 0 Å². The molecule has 0 amide bonds. The Labute approximate surface area is 112 Å². The summed E-state index contributed by atoms with van der Waals surface area (Å²) in [5, 5.41) is 4.05. The largest absolute Gasteiger partial charge is 0.335 e. The molecule has 0 bridgehead atoms. The number of nitrogens with zero attached hydrogens (tertiary/aromatic N) is 2. The first-order valence-corrected chi connectivity index (χ1v) is 7.78. The average molecular weight is 278 g/mol. The van der Waals surface area contributed by atoms with Gasteiger partial charge in [-0.05, 0) is 37.8 Å². The third-order valence-corrected chi connectivity index (χ3v) is 4.61. The van der Waals surface area contributed by atoms with E-state index in [0.717, 1.165) is 31.4 Å². The van der Waals surface area contributed by atoms with E-state index in [-0.39, 0.29) is 10.8 Å². The Balaban J connectivity index is 1.86. The fourth-order valence-electron chi connectivity index (χ4n) is 2.30. The van der Waals surface area contributed by atoms with E-state index in [0.29, 0.717) is 5.56 Å². The van der Waals surface area contributed by atoms with Gasteiger partial charge in [-0.15, -0.1) is 4.40 Å². The molecule has 0 radical (unpaired) electrons. The van der Waals surface area contributed by atoms with Gasteiger partial charge in [0, 0.05) is 0 Å². The minimum absolute atomic E-state index is 0.0775. The number of sulfonamides is 1. The maximum atomic E-state index is 11.8. The third kappa shape index (κ3) is 2.40. The summed E-state index contributed by atoms with van der Waals surface area (Å²) in [6.45, 7) is 0. The molecule has 100 valence electrons. The second-order valence-electron chi connectivity index (χ2n) is 4.68. The Kier molecular flexibility index (Phi) is 3.10. The van der Waals surface area contributed by atoms with E-state index < -0.39 is 10.0 Å². The molecule has 0 aromatic heterocycles. The molecule has 1 aromatic carbocycles. The van der Waals surface area contributed by atoms with Gasteiger partial charge >= 0.3 is 0 Å². The summed E-state index contributed by atoms with van der Waals surface area (Å²) < 4.78 is 27.2. The molecule has 2 aliphatic rings. The van der Waals surface area contributed by atoms with Gasteiger partial charge < -0.3 is 4.84 Å². The third-order valence-electron chi connectivity index (χ3n) is 3.29. The minimum Gasteiger partial charge on any atom is -0.335 e. The van der Waals surface area contributed by atoms with Crippen LogP contribution in [-0.2, 0) is 14.9 Å². The van der Waals surface area contributed by atoms with Crippen LogP contribution >= 0.6 is 0 Å². The lowest BCUT2D eigenvalue weighted by molar-refractivity contribution is 0.326. The highest BCUT2D eigenvalue weighted by molar-refractivity contribution is 7.90. The van der Waals surface area contributed by atoms with Crippen LogP contribution in [0.4, 0.5) is 0 Å². The summed E-state index contributed by atoms with van der Waals surface area (Å²) >= 11 is 0. The van der Waals surface area contributed by atoms with E-state index >= 15 is 0 Å². The first-order valence-electron chi connectivity index (χ1n) is 6.34. The Bertz CT molecular complexity index is 654. The summed E-state index contributed by atoms with van der Waals surface area (Å²) in [6, 6.07) is 6.63. The zero-order chi connectivity index (χ0) is 13.3. The molecule has 0 saturated heterocycles. The molecule has 6 heteroatoms. The van der Waals surface area contributed by atoms with Crippen LogP contribution < -0.4 is 0 Å². The van der Waals surface area contributed by atoms with Gasteiger partial charge in [0.1, 0.15) is 4.90 Å². The topological polar surface area (TPSA) is 68.1 Å². The van der Waals surface area contributed by atoms with Crippen molar-refractivity contribution < 1.29 is 13.3 Å². The molecule has 1 saturated carbocycles. The van der Waals surface area contributed by atoms with E-state index in [1.54, 1.807) is 18.2 Å². The molecule has 0 atom stereocenters. The van der Waals surface area contributed by atoms with Crippen molar-refractivity contribution in [2.75, 3.05) is 0 Å². The molecule has 0 N–H and O–H groups in total. The van der Waals surface area contributed by atoms with E-state index in [1.165, 1.54) is 12.5 Å². The molecular formula is C13H14N2O3S. The highest BCUT2D eigenvalue weighted by atomic mass is 32.2. The van der Waals surface area contributed by atoms with Crippen LogP contribution in [0.5, 0.6) is 0 Å². The zero-order valence-electron chi connectivity index (χ0n) is 10.4. The lowest BCUT2D eigenvalue weighted by Crippen LogP contribution is -2.08. The number of benzene rings is 1. The van der Waals surface area contributed by atoms with Crippen LogP contribution in [0.25, 0.3) is 0 Å². The molecule has 1 fully saturated rings. The monoisotopic (exact) mass is 278 g/mol. The summed E-state index contributed by atoms with van der Waals surface area (Å²) in [4.78, 5) is 5.45. The second kappa shape index (κ2) is 4.77. The predicted octanol–water partition coefficient (Wildman–Crippen LogP) is 2.47. The predicted molar refractivity (Wildman–Crippen MR) is 71.8 cm³/mol. The van der Waals surface area contributed by atoms with Crippen molar-refractivity contribution in [3.05, 3.63) is 29.8 Å². The van der Waals surface area contributed by atoms with Gasteiger partial charge in [-0.2, -0.15) is 8.42 Å². The molecule has 3 rings (SSSR count). The van der Waals surface area contributed by atoms with E-state index in [9.17, 15) is 8.42 Å². The molecule has 0 unspecified atom stereocenters. The first kappa shape index (κ1) is 12.3. The number of rotatable bonds is 1. The van der Waals surface area contributed by atoms with Gasteiger partial charge in [0.25, 0.3) is 15.9 Å². The van der Waals surface area contributed by atoms with E-state index in [4.69, 9.17) is 4.84 Å². The average Bonchev–Trinajstić information content (AvgIpc) is 2.70. The Morgan fingerprint density at radius 1 is 1.11 bits per heavy atom. The van der Waals surface area contributed by atoms with Gasteiger partial charge in [-0.3, -0.25) is 0 Å². The summed E-state index contributed by atoms with van der Waals surface area (Å²) in [7, 11) is -3.61. The fourth-order valence-corrected chi connectivity index (χ4v) is 3.43. The number of hydrogen-bond acceptors (Lipinski definition) is 4. The fraction of sp³-hybridized carbons (Fsp3) is 0.385.